The summed E-state index contributed by atoms with van der Waals surface area (Å²) in [4.78, 5) is 27.3. The minimum Gasteiger partial charge on any atom is -0.497 e. The molecule has 1 atom stereocenters. The number of hydrogen-bond donors (Lipinski definition) is 0. The molecule has 2 fully saturated rings. The molecule has 3 rings (SSSR count). The zero-order chi connectivity index (χ0) is 13.4. The highest BCUT2D eigenvalue weighted by Gasteiger charge is 2.47. The third-order valence-electron chi connectivity index (χ3n) is 3.40. The number of anilines is 1. The van der Waals surface area contributed by atoms with Gasteiger partial charge >= 0.3 is 6.03 Å². The van der Waals surface area contributed by atoms with Crippen LogP contribution in [-0.4, -0.2) is 49.7 Å². The van der Waals surface area contributed by atoms with E-state index in [1.807, 2.05) is 0 Å². The van der Waals surface area contributed by atoms with Crippen LogP contribution in [0.1, 0.15) is 0 Å². The van der Waals surface area contributed by atoms with Crippen molar-refractivity contribution < 1.29 is 19.1 Å². The molecule has 1 unspecified atom stereocenters. The Morgan fingerprint density at radius 1 is 1.26 bits per heavy atom. The minimum absolute atomic E-state index is 0.227. The smallest absolute Gasteiger partial charge is 0.332 e. The topological polar surface area (TPSA) is 59.1 Å². The fourth-order valence-corrected chi connectivity index (χ4v) is 2.38. The number of ether oxygens (including phenoxy) is 2. The van der Waals surface area contributed by atoms with Crippen LogP contribution in [0.4, 0.5) is 10.5 Å². The molecule has 0 aliphatic carbocycles. The first kappa shape index (κ1) is 12.0. The first-order valence-corrected chi connectivity index (χ1v) is 6.09. The quantitative estimate of drug-likeness (QED) is 0.742. The van der Waals surface area contributed by atoms with Crippen LogP contribution in [0.25, 0.3) is 0 Å². The molecule has 100 valence electrons. The second-order valence-corrected chi connectivity index (χ2v) is 4.44. The van der Waals surface area contributed by atoms with E-state index in [9.17, 15) is 9.59 Å². The summed E-state index contributed by atoms with van der Waals surface area (Å²) in [6.45, 7) is 1.21. The van der Waals surface area contributed by atoms with Crippen LogP contribution in [0.15, 0.2) is 24.3 Å². The number of nitrogens with zero attached hydrogens (tertiary/aromatic N) is 2. The molecule has 1 aromatic carbocycles. The van der Waals surface area contributed by atoms with E-state index >= 15 is 0 Å². The molecule has 2 heterocycles. The molecule has 1 aromatic rings. The summed E-state index contributed by atoms with van der Waals surface area (Å²) in [5.74, 6) is 0.457. The van der Waals surface area contributed by atoms with Crippen molar-refractivity contribution in [2.24, 2.45) is 0 Å². The predicted octanol–water partition coefficient (Wildman–Crippen LogP) is 0.863. The number of fused-ring (bicyclic) bond motifs is 1. The highest BCUT2D eigenvalue weighted by Crippen LogP contribution is 2.28. The highest BCUT2D eigenvalue weighted by atomic mass is 16.5. The molecule has 6 heteroatoms. The number of urea groups is 1. The Bertz CT molecular complexity index is 490. The number of hydrogen-bond acceptors (Lipinski definition) is 4. The first-order chi connectivity index (χ1) is 9.22. The maximum atomic E-state index is 12.3. The molecule has 0 saturated carbocycles. The number of methoxy groups -OCH3 is 1. The largest absolute Gasteiger partial charge is 0.497 e. The molecule has 6 nitrogen and oxygen atoms in total. The third kappa shape index (κ3) is 1.84. The monoisotopic (exact) mass is 262 g/mol. The molecule has 2 aliphatic heterocycles. The van der Waals surface area contributed by atoms with E-state index in [4.69, 9.17) is 9.47 Å². The van der Waals surface area contributed by atoms with Crippen LogP contribution in [0.5, 0.6) is 5.75 Å². The zero-order valence-corrected chi connectivity index (χ0v) is 10.5. The summed E-state index contributed by atoms with van der Waals surface area (Å²) in [5.41, 5.74) is 0.560. The van der Waals surface area contributed by atoms with E-state index in [-0.39, 0.29) is 18.5 Å². The average molecular weight is 262 g/mol. The van der Waals surface area contributed by atoms with Gasteiger partial charge in [0.05, 0.1) is 26.0 Å². The second-order valence-electron chi connectivity index (χ2n) is 4.44. The van der Waals surface area contributed by atoms with Crippen molar-refractivity contribution in [3.8, 4) is 5.75 Å². The van der Waals surface area contributed by atoms with Gasteiger partial charge in [0.2, 0.25) is 0 Å². The maximum Gasteiger partial charge on any atom is 0.332 e. The minimum atomic E-state index is -0.483. The molecule has 0 bridgehead atoms. The van der Waals surface area contributed by atoms with Crippen LogP contribution >= 0.6 is 0 Å². The summed E-state index contributed by atoms with van der Waals surface area (Å²) in [6, 6.07) is 6.10. The Hall–Kier alpha value is -2.08. The Balaban J connectivity index is 1.91. The van der Waals surface area contributed by atoms with E-state index in [1.165, 1.54) is 4.90 Å². The van der Waals surface area contributed by atoms with Gasteiger partial charge in [-0.1, -0.05) is 0 Å². The van der Waals surface area contributed by atoms with Gasteiger partial charge in [-0.15, -0.1) is 0 Å². The summed E-state index contributed by atoms with van der Waals surface area (Å²) < 4.78 is 10.3. The van der Waals surface area contributed by atoms with E-state index in [1.54, 1.807) is 36.3 Å². The third-order valence-corrected chi connectivity index (χ3v) is 3.40. The van der Waals surface area contributed by atoms with Gasteiger partial charge < -0.3 is 14.4 Å². The van der Waals surface area contributed by atoms with Gasteiger partial charge in [0.25, 0.3) is 5.91 Å². The van der Waals surface area contributed by atoms with Crippen molar-refractivity contribution in [1.82, 2.24) is 4.90 Å². The number of rotatable bonds is 2. The van der Waals surface area contributed by atoms with Gasteiger partial charge in [-0.05, 0) is 24.3 Å². The van der Waals surface area contributed by atoms with E-state index in [2.05, 4.69) is 0 Å². The second kappa shape index (κ2) is 4.55. The summed E-state index contributed by atoms with van der Waals surface area (Å²) in [6.07, 6.45) is 0. The van der Waals surface area contributed by atoms with Crippen LogP contribution in [0, 0.1) is 0 Å². The van der Waals surface area contributed by atoms with Crippen molar-refractivity contribution in [1.29, 1.82) is 0 Å². The molecule has 3 amide bonds. The Kier molecular flexibility index (Phi) is 2.87. The van der Waals surface area contributed by atoms with Crippen molar-refractivity contribution >= 4 is 17.6 Å². The Morgan fingerprint density at radius 3 is 2.63 bits per heavy atom. The van der Waals surface area contributed by atoms with Gasteiger partial charge in [-0.2, -0.15) is 0 Å². The van der Waals surface area contributed by atoms with Crippen LogP contribution in [0.2, 0.25) is 0 Å². The van der Waals surface area contributed by atoms with Crippen molar-refractivity contribution in [3.05, 3.63) is 24.3 Å². The van der Waals surface area contributed by atoms with Crippen LogP contribution < -0.4 is 9.64 Å². The fourth-order valence-electron chi connectivity index (χ4n) is 2.38. The van der Waals surface area contributed by atoms with Crippen molar-refractivity contribution in [3.63, 3.8) is 0 Å². The predicted molar refractivity (Wildman–Crippen MR) is 67.2 cm³/mol. The molecule has 0 spiro atoms. The lowest BCUT2D eigenvalue weighted by atomic mass is 10.2. The molecule has 0 radical (unpaired) electrons. The normalized spacial score (nSPS) is 22.7. The van der Waals surface area contributed by atoms with Gasteiger partial charge in [-0.25, -0.2) is 9.69 Å². The summed E-state index contributed by atoms with van der Waals surface area (Å²) in [5, 5.41) is 0. The number of carbonyl (C=O) groups excluding carboxylic acids is 2. The lowest BCUT2D eigenvalue weighted by molar-refractivity contribution is -0.123. The maximum absolute atomic E-state index is 12.3. The highest BCUT2D eigenvalue weighted by molar-refractivity contribution is 6.21. The molecule has 19 heavy (non-hydrogen) atoms. The Labute approximate surface area is 110 Å². The molecule has 2 saturated heterocycles. The number of imide groups is 1. The van der Waals surface area contributed by atoms with Gasteiger partial charge in [-0.3, -0.25) is 4.79 Å². The fraction of sp³-hybridized carbons (Fsp3) is 0.385. The molecular weight excluding hydrogens is 248 g/mol. The molecular formula is C13H14N2O4. The molecule has 2 aliphatic rings. The molecule has 0 N–H and O–H groups in total. The number of morpholine rings is 1. The first-order valence-electron chi connectivity index (χ1n) is 6.09. The lowest BCUT2D eigenvalue weighted by Crippen LogP contribution is -2.45. The number of carbonyl (C=O) groups is 2. The van der Waals surface area contributed by atoms with E-state index in [0.717, 1.165) is 0 Å². The van der Waals surface area contributed by atoms with Gasteiger partial charge in [0.15, 0.2) is 0 Å². The van der Waals surface area contributed by atoms with Crippen LogP contribution in [-0.2, 0) is 9.53 Å². The number of amides is 3. The average Bonchev–Trinajstić information content (AvgIpc) is 2.72. The lowest BCUT2D eigenvalue weighted by Gasteiger charge is -2.26. The van der Waals surface area contributed by atoms with E-state index in [0.29, 0.717) is 24.6 Å². The SMILES string of the molecule is COc1ccc(N2C(=O)C3COCCN3C2=O)cc1. The van der Waals surface area contributed by atoms with Crippen molar-refractivity contribution in [2.75, 3.05) is 31.8 Å². The summed E-state index contributed by atoms with van der Waals surface area (Å²) >= 11 is 0. The van der Waals surface area contributed by atoms with Crippen molar-refractivity contribution in [2.45, 2.75) is 6.04 Å². The standard InChI is InChI=1S/C13H14N2O4/c1-18-10-4-2-9(3-5-10)15-12(16)11-8-19-7-6-14(11)13(15)17/h2-5,11H,6-8H2,1H3. The Morgan fingerprint density at radius 2 is 2.00 bits per heavy atom. The van der Waals surface area contributed by atoms with E-state index < -0.39 is 6.04 Å². The van der Waals surface area contributed by atoms with Gasteiger partial charge in [0, 0.05) is 6.54 Å². The summed E-state index contributed by atoms with van der Waals surface area (Å²) in [7, 11) is 1.57. The number of benzene rings is 1. The van der Waals surface area contributed by atoms with Crippen LogP contribution in [0.3, 0.4) is 0 Å². The van der Waals surface area contributed by atoms with Gasteiger partial charge in [0.1, 0.15) is 11.8 Å². The zero-order valence-electron chi connectivity index (χ0n) is 10.5. The molecule has 0 aromatic heterocycles.